The van der Waals surface area contributed by atoms with Gasteiger partial charge in [-0.05, 0) is 44.2 Å². The number of aldehydes is 1. The summed E-state index contributed by atoms with van der Waals surface area (Å²) in [6, 6.07) is 7.08. The second-order valence-corrected chi connectivity index (χ2v) is 5.90. The second-order valence-electron chi connectivity index (χ2n) is 5.90. The van der Waals surface area contributed by atoms with Crippen LogP contribution in [-0.4, -0.2) is 30.9 Å². The molecule has 0 aliphatic heterocycles. The maximum absolute atomic E-state index is 12.1. The minimum absolute atomic E-state index is 0.249. The van der Waals surface area contributed by atoms with E-state index in [1.165, 1.54) is 0 Å². The van der Waals surface area contributed by atoms with Crippen molar-refractivity contribution in [3.05, 3.63) is 23.8 Å². The third-order valence-corrected chi connectivity index (χ3v) is 3.99. The van der Waals surface area contributed by atoms with E-state index in [2.05, 4.69) is 11.4 Å². The van der Waals surface area contributed by atoms with E-state index >= 15 is 0 Å². The smallest absolute Gasteiger partial charge is 0.259 e. The zero-order valence-electron chi connectivity index (χ0n) is 13.8. The number of nitriles is 1. The third kappa shape index (κ3) is 4.48. The zero-order chi connectivity index (χ0) is 17.4. The Morgan fingerprint density at radius 3 is 2.75 bits per heavy atom. The Morgan fingerprint density at radius 1 is 1.38 bits per heavy atom. The van der Waals surface area contributed by atoms with E-state index < -0.39 is 5.54 Å². The average Bonchev–Trinajstić information content (AvgIpc) is 3.07. The number of rotatable bonds is 8. The van der Waals surface area contributed by atoms with Crippen LogP contribution in [0, 0.1) is 11.3 Å². The number of nitrogens with zero attached hydrogens (tertiary/aromatic N) is 1. The van der Waals surface area contributed by atoms with Gasteiger partial charge in [0, 0.05) is 6.07 Å². The van der Waals surface area contributed by atoms with Crippen LogP contribution in [0.25, 0.3) is 0 Å². The molecule has 1 saturated carbocycles. The first-order valence-corrected chi connectivity index (χ1v) is 8.19. The number of ether oxygens (including phenoxy) is 2. The van der Waals surface area contributed by atoms with Crippen molar-refractivity contribution < 1.29 is 19.1 Å². The molecule has 1 aliphatic carbocycles. The lowest BCUT2D eigenvalue weighted by Crippen LogP contribution is -2.47. The van der Waals surface area contributed by atoms with Gasteiger partial charge >= 0.3 is 0 Å². The van der Waals surface area contributed by atoms with E-state index in [4.69, 9.17) is 9.47 Å². The molecule has 1 amide bonds. The normalized spacial score (nSPS) is 15.3. The number of carbonyl (C=O) groups excluding carboxylic acids is 2. The molecular formula is C18H22N2O4. The van der Waals surface area contributed by atoms with Crippen molar-refractivity contribution in [2.75, 3.05) is 13.2 Å². The average molecular weight is 330 g/mol. The summed E-state index contributed by atoms with van der Waals surface area (Å²) in [4.78, 5) is 23.2. The summed E-state index contributed by atoms with van der Waals surface area (Å²) in [7, 11) is 0. The summed E-state index contributed by atoms with van der Waals surface area (Å²) >= 11 is 0. The third-order valence-electron chi connectivity index (χ3n) is 3.99. The number of hydrogen-bond acceptors (Lipinski definition) is 5. The highest BCUT2D eigenvalue weighted by Crippen LogP contribution is 2.29. The van der Waals surface area contributed by atoms with Crippen LogP contribution in [0.4, 0.5) is 0 Å². The second kappa shape index (κ2) is 8.34. The molecule has 0 aromatic heterocycles. The minimum atomic E-state index is -0.778. The fraction of sp³-hybridized carbons (Fsp3) is 0.500. The highest BCUT2D eigenvalue weighted by atomic mass is 16.5. The van der Waals surface area contributed by atoms with Gasteiger partial charge in [0.15, 0.2) is 12.9 Å². The number of carbonyl (C=O) groups is 2. The van der Waals surface area contributed by atoms with Gasteiger partial charge in [0.2, 0.25) is 0 Å². The van der Waals surface area contributed by atoms with E-state index in [1.54, 1.807) is 18.2 Å². The van der Waals surface area contributed by atoms with Crippen LogP contribution in [0.3, 0.4) is 0 Å². The standard InChI is InChI=1S/C18H22N2O4/c1-2-9-23-15-6-5-14(11-21)16(10-15)24-12-17(22)20-18(13-19)7-3-4-8-18/h5-6,10-11H,2-4,7-9,12H2,1H3,(H,20,22). The lowest BCUT2D eigenvalue weighted by Gasteiger charge is -2.22. The lowest BCUT2D eigenvalue weighted by molar-refractivity contribution is -0.124. The summed E-state index contributed by atoms with van der Waals surface area (Å²) in [5.41, 5.74) is -0.428. The van der Waals surface area contributed by atoms with Crippen molar-refractivity contribution in [1.82, 2.24) is 5.32 Å². The minimum Gasteiger partial charge on any atom is -0.493 e. The Labute approximate surface area is 141 Å². The molecule has 0 spiro atoms. The molecule has 1 aromatic carbocycles. The van der Waals surface area contributed by atoms with Crippen LogP contribution < -0.4 is 14.8 Å². The van der Waals surface area contributed by atoms with Crippen LogP contribution in [0.2, 0.25) is 0 Å². The molecule has 1 aromatic rings. The van der Waals surface area contributed by atoms with Gasteiger partial charge in [-0.15, -0.1) is 0 Å². The van der Waals surface area contributed by atoms with Crippen molar-refractivity contribution >= 4 is 12.2 Å². The molecule has 128 valence electrons. The Bertz CT molecular complexity index is 630. The molecular weight excluding hydrogens is 308 g/mol. The van der Waals surface area contributed by atoms with Gasteiger partial charge in [0.05, 0.1) is 18.2 Å². The molecule has 0 atom stereocenters. The molecule has 1 fully saturated rings. The molecule has 24 heavy (non-hydrogen) atoms. The Hall–Kier alpha value is -2.55. The predicted octanol–water partition coefficient (Wildman–Crippen LogP) is 2.62. The fourth-order valence-electron chi connectivity index (χ4n) is 2.74. The van der Waals surface area contributed by atoms with Gasteiger partial charge in [-0.25, -0.2) is 0 Å². The Morgan fingerprint density at radius 2 is 2.12 bits per heavy atom. The SMILES string of the molecule is CCCOc1ccc(C=O)c(OCC(=O)NC2(C#N)CCCC2)c1. The number of nitrogens with one attached hydrogen (secondary N) is 1. The summed E-state index contributed by atoms with van der Waals surface area (Å²) in [5, 5.41) is 12.0. The lowest BCUT2D eigenvalue weighted by atomic mass is 10.00. The van der Waals surface area contributed by atoms with Gasteiger partial charge in [-0.3, -0.25) is 9.59 Å². The number of hydrogen-bond donors (Lipinski definition) is 1. The molecule has 2 rings (SSSR count). The maximum atomic E-state index is 12.1. The molecule has 6 heteroatoms. The maximum Gasteiger partial charge on any atom is 0.259 e. The largest absolute Gasteiger partial charge is 0.493 e. The molecule has 0 unspecified atom stereocenters. The summed E-state index contributed by atoms with van der Waals surface area (Å²) in [6.07, 6.45) is 4.72. The first-order chi connectivity index (χ1) is 11.6. The van der Waals surface area contributed by atoms with E-state index in [1.807, 2.05) is 6.92 Å². The molecule has 0 bridgehead atoms. The molecule has 1 N–H and O–H groups in total. The van der Waals surface area contributed by atoms with Crippen molar-refractivity contribution in [3.8, 4) is 17.6 Å². The summed E-state index contributed by atoms with van der Waals surface area (Å²) in [5.74, 6) is 0.517. The van der Waals surface area contributed by atoms with Crippen LogP contribution in [-0.2, 0) is 4.79 Å². The number of amides is 1. The van der Waals surface area contributed by atoms with E-state index in [9.17, 15) is 14.9 Å². The quantitative estimate of drug-likeness (QED) is 0.740. The fourth-order valence-corrected chi connectivity index (χ4v) is 2.74. The van der Waals surface area contributed by atoms with Crippen molar-refractivity contribution in [1.29, 1.82) is 5.26 Å². The van der Waals surface area contributed by atoms with Gasteiger partial charge < -0.3 is 14.8 Å². The van der Waals surface area contributed by atoms with E-state index in [0.717, 1.165) is 19.3 Å². The van der Waals surface area contributed by atoms with Gasteiger partial charge in [-0.1, -0.05) is 6.92 Å². The predicted molar refractivity (Wildman–Crippen MR) is 88.1 cm³/mol. The molecule has 1 aliphatic rings. The Kier molecular flexibility index (Phi) is 6.19. The van der Waals surface area contributed by atoms with Gasteiger partial charge in [-0.2, -0.15) is 5.26 Å². The first kappa shape index (κ1) is 17.8. The Balaban J connectivity index is 1.98. The van der Waals surface area contributed by atoms with Crippen molar-refractivity contribution in [2.45, 2.75) is 44.6 Å². The summed E-state index contributed by atoms with van der Waals surface area (Å²) < 4.78 is 11.0. The van der Waals surface area contributed by atoms with Crippen LogP contribution in [0.1, 0.15) is 49.4 Å². The molecule has 6 nitrogen and oxygen atoms in total. The van der Waals surface area contributed by atoms with Crippen molar-refractivity contribution in [2.24, 2.45) is 0 Å². The van der Waals surface area contributed by atoms with Crippen molar-refractivity contribution in [3.63, 3.8) is 0 Å². The summed E-state index contributed by atoms with van der Waals surface area (Å²) in [6.45, 7) is 2.31. The van der Waals surface area contributed by atoms with Crippen LogP contribution in [0.15, 0.2) is 18.2 Å². The van der Waals surface area contributed by atoms with Crippen LogP contribution >= 0.6 is 0 Å². The van der Waals surface area contributed by atoms with Gasteiger partial charge in [0.1, 0.15) is 17.0 Å². The van der Waals surface area contributed by atoms with E-state index in [0.29, 0.717) is 42.8 Å². The highest BCUT2D eigenvalue weighted by molar-refractivity contribution is 5.81. The monoisotopic (exact) mass is 330 g/mol. The topological polar surface area (TPSA) is 88.4 Å². The number of benzene rings is 1. The van der Waals surface area contributed by atoms with E-state index in [-0.39, 0.29) is 12.5 Å². The molecule has 0 saturated heterocycles. The van der Waals surface area contributed by atoms with Gasteiger partial charge in [0.25, 0.3) is 5.91 Å². The molecule has 0 heterocycles. The highest BCUT2D eigenvalue weighted by Gasteiger charge is 2.35. The first-order valence-electron chi connectivity index (χ1n) is 8.19. The zero-order valence-corrected chi connectivity index (χ0v) is 13.8. The molecule has 0 radical (unpaired) electrons. The van der Waals surface area contributed by atoms with Crippen LogP contribution in [0.5, 0.6) is 11.5 Å².